The maximum Gasteiger partial charge on any atom is 0.377 e. The molecule has 6 heteroatoms. The Morgan fingerprint density at radius 2 is 1.71 bits per heavy atom. The van der Waals surface area contributed by atoms with Crippen molar-refractivity contribution < 1.29 is 27.8 Å². The minimum absolute atomic E-state index is 0.164. The number of ether oxygens (including phenoxy) is 2. The van der Waals surface area contributed by atoms with Gasteiger partial charge in [0.15, 0.2) is 0 Å². The molecule has 2 atom stereocenters. The van der Waals surface area contributed by atoms with Gasteiger partial charge in [0.2, 0.25) is 0 Å². The van der Waals surface area contributed by atoms with E-state index in [1.54, 1.807) is 0 Å². The summed E-state index contributed by atoms with van der Waals surface area (Å²) in [4.78, 5) is 25.3. The van der Waals surface area contributed by atoms with E-state index in [0.717, 1.165) is 22.8 Å². The van der Waals surface area contributed by atoms with Crippen molar-refractivity contribution in [3.63, 3.8) is 0 Å². The fourth-order valence-electron chi connectivity index (χ4n) is 6.54. The highest BCUT2D eigenvalue weighted by molar-refractivity contribution is 5.86. The topological polar surface area (TPSA) is 52.6 Å². The van der Waals surface area contributed by atoms with E-state index in [2.05, 4.69) is 0 Å². The van der Waals surface area contributed by atoms with Gasteiger partial charge in [-0.1, -0.05) is 42.5 Å². The van der Waals surface area contributed by atoms with Gasteiger partial charge < -0.3 is 9.47 Å². The molecule has 0 N–H and O–H groups in total. The number of carbonyl (C=O) groups is 2. The van der Waals surface area contributed by atoms with E-state index >= 15 is 0 Å². The summed E-state index contributed by atoms with van der Waals surface area (Å²) in [6, 6.07) is 13.8. The number of esters is 2. The Labute approximate surface area is 179 Å². The predicted molar refractivity (Wildman–Crippen MR) is 110 cm³/mol. The number of hydrogen-bond acceptors (Lipinski definition) is 4. The Kier molecular flexibility index (Phi) is 4.61. The van der Waals surface area contributed by atoms with E-state index in [4.69, 9.17) is 9.47 Å². The van der Waals surface area contributed by atoms with Crippen LogP contribution >= 0.6 is 0 Å². The second kappa shape index (κ2) is 7.01. The van der Waals surface area contributed by atoms with Crippen LogP contribution in [0.15, 0.2) is 42.5 Å². The molecule has 4 fully saturated rings. The molecule has 4 nitrogen and oxygen atoms in total. The number of carbonyl (C=O) groups excluding carboxylic acids is 2. The monoisotopic (exact) mass is 428 g/mol. The van der Waals surface area contributed by atoms with E-state index in [1.165, 1.54) is 0 Å². The Morgan fingerprint density at radius 3 is 2.42 bits per heavy atom. The van der Waals surface area contributed by atoms with Crippen molar-refractivity contribution in [3.05, 3.63) is 48.0 Å². The van der Waals surface area contributed by atoms with Crippen molar-refractivity contribution in [3.8, 4) is 0 Å². The van der Waals surface area contributed by atoms with Crippen LogP contribution in [0.2, 0.25) is 0 Å². The predicted octanol–water partition coefficient (Wildman–Crippen LogP) is 5.42. The molecule has 0 amide bonds. The standard InChI is InChI=1S/C25H26F2O4/c1-23(26,27)21(28)31-25-12-16-9-17(13-25)11-24(10-16,15-25)22(29)30-14-19-7-4-6-18-5-2-3-8-20(18)19/h2-8,16-17H,9-15H2,1H3. The maximum absolute atomic E-state index is 13.5. The summed E-state index contributed by atoms with van der Waals surface area (Å²) >= 11 is 0. The summed E-state index contributed by atoms with van der Waals surface area (Å²) in [7, 11) is 0. The van der Waals surface area contributed by atoms with Crippen LogP contribution in [0.5, 0.6) is 0 Å². The number of benzene rings is 2. The quantitative estimate of drug-likeness (QED) is 0.597. The number of rotatable bonds is 5. The van der Waals surface area contributed by atoms with Gasteiger partial charge in [0.25, 0.3) is 0 Å². The molecule has 2 unspecified atom stereocenters. The lowest BCUT2D eigenvalue weighted by Crippen LogP contribution is -2.60. The fourth-order valence-corrected chi connectivity index (χ4v) is 6.54. The molecule has 0 saturated heterocycles. The fraction of sp³-hybridized carbons (Fsp3) is 0.520. The highest BCUT2D eigenvalue weighted by atomic mass is 19.3. The SMILES string of the molecule is CC(F)(F)C(=O)OC12CC3CC(C1)CC(C(=O)OCc1cccc4ccccc14)(C3)C2. The van der Waals surface area contributed by atoms with Crippen LogP contribution in [-0.4, -0.2) is 23.5 Å². The van der Waals surface area contributed by atoms with Gasteiger partial charge in [0.1, 0.15) is 12.2 Å². The molecule has 0 radical (unpaired) electrons. The van der Waals surface area contributed by atoms with E-state index in [-0.39, 0.29) is 30.8 Å². The molecule has 6 rings (SSSR count). The average Bonchev–Trinajstić information content (AvgIpc) is 2.70. The van der Waals surface area contributed by atoms with E-state index in [1.807, 2.05) is 42.5 Å². The first-order valence-electron chi connectivity index (χ1n) is 10.9. The lowest BCUT2D eigenvalue weighted by Gasteiger charge is -2.59. The Bertz CT molecular complexity index is 1020. The number of alkyl halides is 2. The molecule has 31 heavy (non-hydrogen) atoms. The minimum atomic E-state index is -3.54. The maximum atomic E-state index is 13.5. The zero-order chi connectivity index (χ0) is 21.9. The van der Waals surface area contributed by atoms with Gasteiger partial charge in [-0.15, -0.1) is 0 Å². The molecule has 2 aromatic carbocycles. The molecule has 4 aliphatic rings. The molecule has 4 saturated carbocycles. The van der Waals surface area contributed by atoms with Crippen LogP contribution in [0.4, 0.5) is 8.78 Å². The van der Waals surface area contributed by atoms with Gasteiger partial charge in [-0.3, -0.25) is 4.79 Å². The third kappa shape index (κ3) is 3.60. The average molecular weight is 428 g/mol. The van der Waals surface area contributed by atoms with Crippen molar-refractivity contribution in [2.75, 3.05) is 0 Å². The van der Waals surface area contributed by atoms with Crippen molar-refractivity contribution in [1.82, 2.24) is 0 Å². The molecule has 0 aromatic heterocycles. The van der Waals surface area contributed by atoms with E-state index in [0.29, 0.717) is 32.6 Å². The number of hydrogen-bond donors (Lipinski definition) is 0. The highest BCUT2D eigenvalue weighted by Gasteiger charge is 2.63. The lowest BCUT2D eigenvalue weighted by molar-refractivity contribution is -0.225. The van der Waals surface area contributed by atoms with Gasteiger partial charge in [-0.25, -0.2) is 4.79 Å². The zero-order valence-corrected chi connectivity index (χ0v) is 17.5. The first-order valence-corrected chi connectivity index (χ1v) is 10.9. The van der Waals surface area contributed by atoms with Crippen molar-refractivity contribution in [1.29, 1.82) is 0 Å². The summed E-state index contributed by atoms with van der Waals surface area (Å²) in [5, 5.41) is 2.12. The van der Waals surface area contributed by atoms with Crippen molar-refractivity contribution in [2.45, 2.75) is 63.6 Å². The largest absolute Gasteiger partial charge is 0.460 e. The summed E-state index contributed by atoms with van der Waals surface area (Å²) in [6.45, 7) is 0.723. The molecule has 2 aromatic rings. The van der Waals surface area contributed by atoms with Gasteiger partial charge in [0, 0.05) is 13.3 Å². The van der Waals surface area contributed by atoms with Gasteiger partial charge in [0.05, 0.1) is 5.41 Å². The third-order valence-corrected chi connectivity index (χ3v) is 7.35. The molecular weight excluding hydrogens is 402 g/mol. The van der Waals surface area contributed by atoms with Crippen LogP contribution < -0.4 is 0 Å². The highest BCUT2D eigenvalue weighted by Crippen LogP contribution is 2.63. The Morgan fingerprint density at radius 1 is 1.03 bits per heavy atom. The van der Waals surface area contributed by atoms with Crippen molar-refractivity contribution in [2.24, 2.45) is 17.3 Å². The molecule has 0 heterocycles. The van der Waals surface area contributed by atoms with Crippen LogP contribution in [0.3, 0.4) is 0 Å². The smallest absolute Gasteiger partial charge is 0.377 e. The molecule has 4 aliphatic carbocycles. The van der Waals surface area contributed by atoms with E-state index < -0.39 is 22.9 Å². The van der Waals surface area contributed by atoms with Crippen LogP contribution in [0, 0.1) is 17.3 Å². The molecule has 4 bridgehead atoms. The third-order valence-electron chi connectivity index (χ3n) is 7.35. The van der Waals surface area contributed by atoms with Crippen LogP contribution in [-0.2, 0) is 25.7 Å². The summed E-state index contributed by atoms with van der Waals surface area (Å²) in [5.41, 5.74) is -0.792. The minimum Gasteiger partial charge on any atom is -0.460 e. The second-order valence-electron chi connectivity index (χ2n) is 9.92. The van der Waals surface area contributed by atoms with E-state index in [9.17, 15) is 18.4 Å². The first kappa shape index (κ1) is 20.4. The van der Waals surface area contributed by atoms with Crippen LogP contribution in [0.1, 0.15) is 51.0 Å². The Balaban J connectivity index is 1.36. The lowest BCUT2D eigenvalue weighted by atomic mass is 9.48. The molecular formula is C25H26F2O4. The molecule has 0 aliphatic heterocycles. The Hall–Kier alpha value is -2.50. The molecule has 0 spiro atoms. The first-order chi connectivity index (χ1) is 14.7. The zero-order valence-electron chi connectivity index (χ0n) is 17.5. The summed E-state index contributed by atoms with van der Waals surface area (Å²) in [5.74, 6) is -4.92. The summed E-state index contributed by atoms with van der Waals surface area (Å²) in [6.07, 6.45) is 3.72. The van der Waals surface area contributed by atoms with Gasteiger partial charge in [-0.2, -0.15) is 8.78 Å². The second-order valence-corrected chi connectivity index (χ2v) is 9.92. The van der Waals surface area contributed by atoms with Gasteiger partial charge in [-0.05, 0) is 60.3 Å². The summed E-state index contributed by atoms with van der Waals surface area (Å²) < 4.78 is 38.3. The number of halogens is 2. The number of fused-ring (bicyclic) bond motifs is 1. The normalized spacial score (nSPS) is 31.6. The molecule has 164 valence electrons. The van der Waals surface area contributed by atoms with Crippen molar-refractivity contribution >= 4 is 22.7 Å². The van der Waals surface area contributed by atoms with Gasteiger partial charge >= 0.3 is 17.9 Å². The van der Waals surface area contributed by atoms with Crippen LogP contribution in [0.25, 0.3) is 10.8 Å².